The maximum absolute atomic E-state index is 12.3. The van der Waals surface area contributed by atoms with E-state index in [4.69, 9.17) is 14.2 Å². The van der Waals surface area contributed by atoms with Crippen LogP contribution in [0.2, 0.25) is 0 Å². The first kappa shape index (κ1) is 16.2. The fourth-order valence-electron chi connectivity index (χ4n) is 2.90. The van der Waals surface area contributed by atoms with Gasteiger partial charge in [0.25, 0.3) is 5.91 Å². The van der Waals surface area contributed by atoms with Crippen molar-refractivity contribution in [1.29, 1.82) is 0 Å². The molecule has 1 aliphatic heterocycles. The molecule has 126 valence electrons. The van der Waals surface area contributed by atoms with Crippen LogP contribution in [-0.4, -0.2) is 38.6 Å². The molecule has 0 unspecified atom stereocenters. The summed E-state index contributed by atoms with van der Waals surface area (Å²) in [6.45, 7) is 1.05. The van der Waals surface area contributed by atoms with Crippen LogP contribution in [-0.2, 0) is 13.0 Å². The fourth-order valence-corrected chi connectivity index (χ4v) is 2.90. The molecule has 5 nitrogen and oxygen atoms in total. The van der Waals surface area contributed by atoms with Gasteiger partial charge in [0.1, 0.15) is 23.9 Å². The van der Waals surface area contributed by atoms with Gasteiger partial charge in [-0.3, -0.25) is 4.79 Å². The van der Waals surface area contributed by atoms with E-state index < -0.39 is 0 Å². The molecule has 0 radical (unpaired) electrons. The Balaban J connectivity index is 1.85. The van der Waals surface area contributed by atoms with Crippen LogP contribution < -0.4 is 14.2 Å². The molecule has 0 saturated heterocycles. The number of hydrogen-bond acceptors (Lipinski definition) is 4. The van der Waals surface area contributed by atoms with E-state index in [0.29, 0.717) is 13.2 Å². The average molecular weight is 327 g/mol. The van der Waals surface area contributed by atoms with Crippen LogP contribution in [0.15, 0.2) is 36.4 Å². The van der Waals surface area contributed by atoms with Crippen molar-refractivity contribution in [2.75, 3.05) is 27.8 Å². The van der Waals surface area contributed by atoms with E-state index in [1.807, 2.05) is 43.4 Å². The van der Waals surface area contributed by atoms with E-state index in [1.165, 1.54) is 0 Å². The smallest absolute Gasteiger partial charge is 0.254 e. The highest BCUT2D eigenvalue weighted by atomic mass is 16.5. The monoisotopic (exact) mass is 327 g/mol. The molecule has 3 rings (SSSR count). The predicted octanol–water partition coefficient (Wildman–Crippen LogP) is 2.91. The van der Waals surface area contributed by atoms with Crippen molar-refractivity contribution in [3.8, 4) is 17.2 Å². The van der Waals surface area contributed by atoms with Crippen molar-refractivity contribution in [2.45, 2.75) is 13.0 Å². The Hall–Kier alpha value is -2.69. The molecule has 0 aromatic heterocycles. The van der Waals surface area contributed by atoms with Crippen LogP contribution in [0.1, 0.15) is 21.5 Å². The van der Waals surface area contributed by atoms with Crippen LogP contribution in [0.4, 0.5) is 0 Å². The van der Waals surface area contributed by atoms with E-state index in [1.54, 1.807) is 19.1 Å². The molecule has 1 aliphatic rings. The number of nitrogens with zero attached hydrogens (tertiary/aromatic N) is 1. The van der Waals surface area contributed by atoms with E-state index in [2.05, 4.69) is 0 Å². The number of carbonyl (C=O) groups is 1. The third-order valence-electron chi connectivity index (χ3n) is 4.28. The summed E-state index contributed by atoms with van der Waals surface area (Å²) >= 11 is 0. The van der Waals surface area contributed by atoms with Gasteiger partial charge in [-0.05, 0) is 36.8 Å². The van der Waals surface area contributed by atoms with Crippen molar-refractivity contribution in [3.63, 3.8) is 0 Å². The minimum atomic E-state index is 0.0423. The number of rotatable bonds is 5. The second-order valence-electron chi connectivity index (χ2n) is 5.73. The molecular formula is C19H21NO4. The number of amides is 1. The summed E-state index contributed by atoms with van der Waals surface area (Å²) in [5, 5.41) is 0. The van der Waals surface area contributed by atoms with Crippen LogP contribution in [0.3, 0.4) is 0 Å². The SMILES string of the molecule is COc1ccc(OC)c(COc2cccc3c2CCN(C)C3=O)c1. The summed E-state index contributed by atoms with van der Waals surface area (Å²) in [6.07, 6.45) is 0.795. The predicted molar refractivity (Wildman–Crippen MR) is 91.0 cm³/mol. The maximum Gasteiger partial charge on any atom is 0.254 e. The number of carbonyl (C=O) groups excluding carboxylic acids is 1. The fraction of sp³-hybridized carbons (Fsp3) is 0.316. The van der Waals surface area contributed by atoms with Crippen LogP contribution in [0.25, 0.3) is 0 Å². The summed E-state index contributed by atoms with van der Waals surface area (Å²) in [5.41, 5.74) is 2.59. The largest absolute Gasteiger partial charge is 0.497 e. The molecule has 5 heteroatoms. The highest BCUT2D eigenvalue weighted by molar-refractivity contribution is 5.97. The van der Waals surface area contributed by atoms with Gasteiger partial charge in [0.2, 0.25) is 0 Å². The number of hydrogen-bond donors (Lipinski definition) is 0. The van der Waals surface area contributed by atoms with Crippen molar-refractivity contribution in [1.82, 2.24) is 4.90 Å². The zero-order chi connectivity index (χ0) is 17.1. The van der Waals surface area contributed by atoms with Crippen molar-refractivity contribution in [2.24, 2.45) is 0 Å². The summed E-state index contributed by atoms with van der Waals surface area (Å²) in [5.74, 6) is 2.29. The molecule has 2 aromatic rings. The van der Waals surface area contributed by atoms with Gasteiger partial charge in [0.15, 0.2) is 0 Å². The van der Waals surface area contributed by atoms with Gasteiger partial charge in [-0.1, -0.05) is 6.07 Å². The van der Waals surface area contributed by atoms with Crippen molar-refractivity contribution in [3.05, 3.63) is 53.1 Å². The topological polar surface area (TPSA) is 48.0 Å². The van der Waals surface area contributed by atoms with E-state index in [9.17, 15) is 4.79 Å². The Kier molecular flexibility index (Phi) is 4.60. The maximum atomic E-state index is 12.3. The molecule has 0 saturated carbocycles. The summed E-state index contributed by atoms with van der Waals surface area (Å²) in [6, 6.07) is 11.2. The highest BCUT2D eigenvalue weighted by Crippen LogP contribution is 2.30. The molecular weight excluding hydrogens is 306 g/mol. The molecule has 0 aliphatic carbocycles. The molecule has 0 fully saturated rings. The summed E-state index contributed by atoms with van der Waals surface area (Å²) < 4.78 is 16.7. The zero-order valence-corrected chi connectivity index (χ0v) is 14.2. The van der Waals surface area contributed by atoms with Gasteiger partial charge >= 0.3 is 0 Å². The summed E-state index contributed by atoms with van der Waals surface area (Å²) in [7, 11) is 5.08. The minimum Gasteiger partial charge on any atom is -0.497 e. The standard InChI is InChI=1S/C19H21NO4/c1-20-10-9-15-16(19(20)21)5-4-6-18(15)24-12-13-11-14(22-2)7-8-17(13)23-3/h4-8,11H,9-10,12H2,1-3H3. The Labute approximate surface area is 141 Å². The lowest BCUT2D eigenvalue weighted by Crippen LogP contribution is -2.34. The van der Waals surface area contributed by atoms with E-state index >= 15 is 0 Å². The van der Waals surface area contributed by atoms with Crippen molar-refractivity contribution < 1.29 is 19.0 Å². The lowest BCUT2D eigenvalue weighted by atomic mass is 9.98. The molecule has 0 N–H and O–H groups in total. The first-order valence-corrected chi connectivity index (χ1v) is 7.85. The van der Waals surface area contributed by atoms with E-state index in [0.717, 1.165) is 40.4 Å². The molecule has 0 spiro atoms. The number of benzene rings is 2. The van der Waals surface area contributed by atoms with Crippen LogP contribution in [0, 0.1) is 0 Å². The Morgan fingerprint density at radius 3 is 2.67 bits per heavy atom. The van der Waals surface area contributed by atoms with Gasteiger partial charge in [0.05, 0.1) is 14.2 Å². The molecule has 1 amide bonds. The molecule has 24 heavy (non-hydrogen) atoms. The first-order valence-electron chi connectivity index (χ1n) is 7.85. The minimum absolute atomic E-state index is 0.0423. The number of methoxy groups -OCH3 is 2. The lowest BCUT2D eigenvalue weighted by molar-refractivity contribution is 0.0779. The zero-order valence-electron chi connectivity index (χ0n) is 14.2. The normalized spacial score (nSPS) is 13.5. The Morgan fingerprint density at radius 2 is 1.92 bits per heavy atom. The first-order chi connectivity index (χ1) is 11.6. The molecule has 0 atom stereocenters. The molecule has 0 bridgehead atoms. The van der Waals surface area contributed by atoms with Gasteiger partial charge in [-0.15, -0.1) is 0 Å². The van der Waals surface area contributed by atoms with Gasteiger partial charge < -0.3 is 19.1 Å². The van der Waals surface area contributed by atoms with Gasteiger partial charge in [-0.2, -0.15) is 0 Å². The third-order valence-corrected chi connectivity index (χ3v) is 4.28. The molecule has 2 aromatic carbocycles. The Bertz CT molecular complexity index is 757. The second kappa shape index (κ2) is 6.83. The highest BCUT2D eigenvalue weighted by Gasteiger charge is 2.24. The second-order valence-corrected chi connectivity index (χ2v) is 5.73. The lowest BCUT2D eigenvalue weighted by Gasteiger charge is -2.26. The van der Waals surface area contributed by atoms with E-state index in [-0.39, 0.29) is 5.91 Å². The number of likely N-dealkylation sites (N-methyl/N-ethyl adjacent to an activating group) is 1. The number of ether oxygens (including phenoxy) is 3. The molecule has 1 heterocycles. The van der Waals surface area contributed by atoms with Crippen LogP contribution in [0.5, 0.6) is 17.2 Å². The van der Waals surface area contributed by atoms with Gasteiger partial charge in [0, 0.05) is 30.3 Å². The van der Waals surface area contributed by atoms with Crippen LogP contribution >= 0.6 is 0 Å². The third kappa shape index (κ3) is 3.02. The summed E-state index contributed by atoms with van der Waals surface area (Å²) in [4.78, 5) is 14.0. The average Bonchev–Trinajstić information content (AvgIpc) is 2.62. The van der Waals surface area contributed by atoms with Gasteiger partial charge in [-0.25, -0.2) is 0 Å². The quantitative estimate of drug-likeness (QED) is 0.847. The number of fused-ring (bicyclic) bond motifs is 1. The Morgan fingerprint density at radius 1 is 1.08 bits per heavy atom. The van der Waals surface area contributed by atoms with Crippen molar-refractivity contribution >= 4 is 5.91 Å².